The predicted molar refractivity (Wildman–Crippen MR) is 76.5 cm³/mol. The first kappa shape index (κ1) is 20.7. The third-order valence-corrected chi connectivity index (χ3v) is 3.58. The van der Waals surface area contributed by atoms with Gasteiger partial charge in [0.1, 0.15) is 24.4 Å². The van der Waals surface area contributed by atoms with Crippen LogP contribution in [0.2, 0.25) is 0 Å². The van der Waals surface area contributed by atoms with Crippen LogP contribution in [0.3, 0.4) is 0 Å². The van der Waals surface area contributed by atoms with E-state index in [0.29, 0.717) is 6.42 Å². The zero-order valence-corrected chi connectivity index (χ0v) is 12.4. The molecule has 0 rings (SSSR count). The number of unbranched alkanes of at least 4 members (excludes halogenated alkanes) is 5. The molecule has 0 aliphatic rings. The lowest BCUT2D eigenvalue weighted by atomic mass is 9.96. The average molecular weight is 310 g/mol. The first-order valence-electron chi connectivity index (χ1n) is 7.57. The second-order valence-corrected chi connectivity index (χ2v) is 5.42. The Labute approximate surface area is 125 Å². The Morgan fingerprint density at radius 1 is 0.524 bits per heavy atom. The Kier molecular flexibility index (Phi) is 12.1. The summed E-state index contributed by atoms with van der Waals surface area (Å²) >= 11 is 0. The van der Waals surface area contributed by atoms with Crippen LogP contribution in [-0.2, 0) is 0 Å². The number of aliphatic hydroxyl groups excluding tert-OH is 7. The summed E-state index contributed by atoms with van der Waals surface area (Å²) in [6.45, 7) is -0.542. The van der Waals surface area contributed by atoms with Crippen LogP contribution < -0.4 is 0 Å². The first-order chi connectivity index (χ1) is 9.95. The van der Waals surface area contributed by atoms with Crippen LogP contribution in [0.5, 0.6) is 0 Å². The summed E-state index contributed by atoms with van der Waals surface area (Å²) in [7, 11) is 0. The van der Waals surface area contributed by atoms with Crippen molar-refractivity contribution < 1.29 is 35.7 Å². The van der Waals surface area contributed by atoms with E-state index >= 15 is 0 Å². The highest BCUT2D eigenvalue weighted by molar-refractivity contribution is 4.84. The molecule has 0 amide bonds. The Balaban J connectivity index is 3.85. The molecule has 0 radical (unpaired) electrons. The van der Waals surface area contributed by atoms with Crippen molar-refractivity contribution in [2.24, 2.45) is 0 Å². The van der Waals surface area contributed by atoms with Gasteiger partial charge in [-0.25, -0.2) is 0 Å². The Bertz CT molecular complexity index is 239. The summed E-state index contributed by atoms with van der Waals surface area (Å²) in [4.78, 5) is 0. The van der Waals surface area contributed by atoms with Crippen molar-refractivity contribution in [1.82, 2.24) is 0 Å². The van der Waals surface area contributed by atoms with Crippen molar-refractivity contribution in [3.63, 3.8) is 0 Å². The van der Waals surface area contributed by atoms with Crippen LogP contribution in [0, 0.1) is 0 Å². The van der Waals surface area contributed by atoms with Gasteiger partial charge in [-0.15, -0.1) is 0 Å². The summed E-state index contributed by atoms with van der Waals surface area (Å²) in [5.74, 6) is 0. The normalized spacial score (nSPS) is 19.0. The quantitative estimate of drug-likeness (QED) is 0.205. The van der Waals surface area contributed by atoms with Gasteiger partial charge in [0.05, 0.1) is 12.7 Å². The topological polar surface area (TPSA) is 142 Å². The van der Waals surface area contributed by atoms with E-state index in [4.69, 9.17) is 10.2 Å². The molecule has 0 spiro atoms. The van der Waals surface area contributed by atoms with E-state index in [1.54, 1.807) is 0 Å². The maximum absolute atomic E-state index is 9.73. The summed E-state index contributed by atoms with van der Waals surface area (Å²) in [5, 5.41) is 64.9. The molecule has 0 aromatic carbocycles. The Hall–Kier alpha value is -0.280. The molecule has 0 aromatic heterocycles. The molecule has 0 aliphatic carbocycles. The van der Waals surface area contributed by atoms with Crippen LogP contribution in [-0.4, -0.2) is 79.5 Å². The van der Waals surface area contributed by atoms with Crippen molar-refractivity contribution in [1.29, 1.82) is 0 Å². The van der Waals surface area contributed by atoms with E-state index in [1.165, 1.54) is 0 Å². The SMILES string of the molecule is OCCCCCCCCC(O)[C@H](O)[C@@H](O)[C@H](O)[C@H](O)CO. The maximum Gasteiger partial charge on any atom is 0.111 e. The number of hydrogen-bond acceptors (Lipinski definition) is 7. The number of hydrogen-bond donors (Lipinski definition) is 7. The smallest absolute Gasteiger partial charge is 0.111 e. The van der Waals surface area contributed by atoms with Gasteiger partial charge >= 0.3 is 0 Å². The molecule has 7 heteroatoms. The van der Waals surface area contributed by atoms with Crippen molar-refractivity contribution in [2.75, 3.05) is 13.2 Å². The lowest BCUT2D eigenvalue weighted by molar-refractivity contribution is -0.141. The van der Waals surface area contributed by atoms with E-state index in [9.17, 15) is 25.5 Å². The Morgan fingerprint density at radius 3 is 1.52 bits per heavy atom. The van der Waals surface area contributed by atoms with Gasteiger partial charge in [-0.1, -0.05) is 32.1 Å². The van der Waals surface area contributed by atoms with E-state index in [1.807, 2.05) is 0 Å². The van der Waals surface area contributed by atoms with Crippen LogP contribution in [0.15, 0.2) is 0 Å². The minimum atomic E-state index is -1.72. The third kappa shape index (κ3) is 8.67. The molecule has 0 aliphatic heterocycles. The summed E-state index contributed by atoms with van der Waals surface area (Å²) in [5.41, 5.74) is 0. The van der Waals surface area contributed by atoms with Crippen LogP contribution >= 0.6 is 0 Å². The molecular weight excluding hydrogens is 280 g/mol. The molecule has 0 bridgehead atoms. The minimum absolute atomic E-state index is 0.199. The zero-order valence-electron chi connectivity index (χ0n) is 12.4. The van der Waals surface area contributed by atoms with Gasteiger partial charge in [0.15, 0.2) is 0 Å². The lowest BCUT2D eigenvalue weighted by Gasteiger charge is -2.28. The van der Waals surface area contributed by atoms with Gasteiger partial charge in [0.2, 0.25) is 0 Å². The molecule has 0 heterocycles. The maximum atomic E-state index is 9.73. The van der Waals surface area contributed by atoms with Crippen LogP contribution in [0.4, 0.5) is 0 Å². The second-order valence-electron chi connectivity index (χ2n) is 5.42. The third-order valence-electron chi connectivity index (χ3n) is 3.58. The second kappa shape index (κ2) is 12.3. The van der Waals surface area contributed by atoms with E-state index < -0.39 is 37.1 Å². The number of aliphatic hydroxyl groups is 7. The summed E-state index contributed by atoms with van der Waals surface area (Å²) in [6.07, 6.45) is -2.22. The monoisotopic (exact) mass is 310 g/mol. The van der Waals surface area contributed by atoms with Gasteiger partial charge in [-0.2, -0.15) is 0 Å². The standard InChI is InChI=1S/C14H30O7/c15-8-6-4-2-1-3-5-7-10(17)12(19)14(21)13(20)11(18)9-16/h10-21H,1-9H2/t10?,11-,12+,13-,14-/m1/s1. The van der Waals surface area contributed by atoms with E-state index in [2.05, 4.69) is 0 Å². The number of rotatable bonds is 13. The first-order valence-corrected chi connectivity index (χ1v) is 7.57. The molecule has 0 aromatic rings. The van der Waals surface area contributed by atoms with Crippen molar-refractivity contribution in [3.05, 3.63) is 0 Å². The molecule has 1 unspecified atom stereocenters. The summed E-state index contributed by atoms with van der Waals surface area (Å²) in [6, 6.07) is 0. The van der Waals surface area contributed by atoms with Crippen molar-refractivity contribution in [2.45, 2.75) is 75.5 Å². The molecule has 7 nitrogen and oxygen atoms in total. The van der Waals surface area contributed by atoms with Crippen LogP contribution in [0.25, 0.3) is 0 Å². The fourth-order valence-electron chi connectivity index (χ4n) is 2.11. The minimum Gasteiger partial charge on any atom is -0.396 e. The van der Waals surface area contributed by atoms with Gasteiger partial charge < -0.3 is 35.7 Å². The molecule has 0 saturated carbocycles. The molecule has 7 N–H and O–H groups in total. The largest absolute Gasteiger partial charge is 0.396 e. The zero-order chi connectivity index (χ0) is 16.3. The van der Waals surface area contributed by atoms with Gasteiger partial charge in [0, 0.05) is 6.61 Å². The molecule has 21 heavy (non-hydrogen) atoms. The van der Waals surface area contributed by atoms with Crippen LogP contribution in [0.1, 0.15) is 44.9 Å². The predicted octanol–water partition coefficient (Wildman–Crippen LogP) is -1.49. The average Bonchev–Trinajstić information content (AvgIpc) is 2.50. The molecule has 0 saturated heterocycles. The molecule has 5 atom stereocenters. The lowest BCUT2D eigenvalue weighted by Crippen LogP contribution is -2.49. The summed E-state index contributed by atoms with van der Waals surface area (Å²) < 4.78 is 0. The van der Waals surface area contributed by atoms with E-state index in [0.717, 1.165) is 32.1 Å². The van der Waals surface area contributed by atoms with Crippen molar-refractivity contribution in [3.8, 4) is 0 Å². The molecule has 128 valence electrons. The highest BCUT2D eigenvalue weighted by atomic mass is 16.4. The van der Waals surface area contributed by atoms with Gasteiger partial charge in [0.25, 0.3) is 0 Å². The highest BCUT2D eigenvalue weighted by Gasteiger charge is 2.33. The fraction of sp³-hybridized carbons (Fsp3) is 1.00. The Morgan fingerprint density at radius 2 is 1.00 bits per heavy atom. The van der Waals surface area contributed by atoms with Gasteiger partial charge in [-0.05, 0) is 12.8 Å². The van der Waals surface area contributed by atoms with Gasteiger partial charge in [-0.3, -0.25) is 0 Å². The van der Waals surface area contributed by atoms with E-state index in [-0.39, 0.29) is 13.0 Å². The fourth-order valence-corrected chi connectivity index (χ4v) is 2.11. The van der Waals surface area contributed by atoms with Crippen molar-refractivity contribution >= 4 is 0 Å². The molecule has 0 fully saturated rings. The highest BCUT2D eigenvalue weighted by Crippen LogP contribution is 2.14. The molecular formula is C14H30O7.